The third kappa shape index (κ3) is 3.19. The van der Waals surface area contributed by atoms with Crippen LogP contribution < -0.4 is 9.47 Å². The van der Waals surface area contributed by atoms with E-state index in [4.69, 9.17) is 18.6 Å². The zero-order valence-electron chi connectivity index (χ0n) is 16.5. The summed E-state index contributed by atoms with van der Waals surface area (Å²) in [7, 11) is 0. The molecule has 1 atom stereocenters. The predicted octanol–water partition coefficient (Wildman–Crippen LogP) is 1.57. The highest BCUT2D eigenvalue weighted by atomic mass is 16.7. The summed E-state index contributed by atoms with van der Waals surface area (Å²) in [6.45, 7) is 0.627. The fourth-order valence-corrected chi connectivity index (χ4v) is 4.35. The van der Waals surface area contributed by atoms with Crippen LogP contribution >= 0.6 is 0 Å². The molecule has 4 heterocycles. The Bertz CT molecular complexity index is 1030. The van der Waals surface area contributed by atoms with E-state index in [0.29, 0.717) is 43.0 Å². The molecule has 10 nitrogen and oxygen atoms in total. The average Bonchev–Trinajstić information content (AvgIpc) is 3.53. The third-order valence-electron chi connectivity index (χ3n) is 5.95. The van der Waals surface area contributed by atoms with Crippen LogP contribution in [0.1, 0.15) is 33.8 Å². The molecular formula is C21H20N2O8. The number of carboxylic acids is 1. The van der Waals surface area contributed by atoms with Crippen molar-refractivity contribution in [2.24, 2.45) is 0 Å². The van der Waals surface area contributed by atoms with Crippen molar-refractivity contribution in [2.45, 2.75) is 24.6 Å². The molecule has 2 amide bonds. The lowest BCUT2D eigenvalue weighted by atomic mass is 9.96. The summed E-state index contributed by atoms with van der Waals surface area (Å²) in [5.74, 6) is -0.681. The number of likely N-dealkylation sites (tertiary alicyclic amines) is 1. The minimum absolute atomic E-state index is 0.0509. The molecule has 1 spiro atoms. The van der Waals surface area contributed by atoms with Gasteiger partial charge < -0.3 is 28.6 Å². The van der Waals surface area contributed by atoms with Crippen molar-refractivity contribution in [2.75, 3.05) is 26.5 Å². The molecule has 1 aromatic carbocycles. The van der Waals surface area contributed by atoms with Crippen molar-refractivity contribution < 1.29 is 38.1 Å². The van der Waals surface area contributed by atoms with Gasteiger partial charge in [-0.2, -0.15) is 0 Å². The van der Waals surface area contributed by atoms with Crippen molar-refractivity contribution in [3.05, 3.63) is 47.9 Å². The number of hydrogen-bond donors (Lipinski definition) is 1. The average molecular weight is 428 g/mol. The normalized spacial score (nSPS) is 21.5. The molecule has 10 heteroatoms. The van der Waals surface area contributed by atoms with Gasteiger partial charge in [0, 0.05) is 31.5 Å². The number of carboxylic acid groups (broad SMARTS) is 1. The van der Waals surface area contributed by atoms with Crippen LogP contribution in [0.3, 0.4) is 0 Å². The highest BCUT2D eigenvalue weighted by Gasteiger charge is 2.55. The number of ether oxygens (including phenoxy) is 3. The van der Waals surface area contributed by atoms with Crippen LogP contribution in [0.4, 0.5) is 0 Å². The van der Waals surface area contributed by atoms with Crippen molar-refractivity contribution in [3.63, 3.8) is 0 Å². The summed E-state index contributed by atoms with van der Waals surface area (Å²) < 4.78 is 21.7. The molecule has 0 saturated carbocycles. The Kier molecular flexibility index (Phi) is 4.58. The monoisotopic (exact) mass is 428 g/mol. The molecule has 1 aromatic heterocycles. The zero-order chi connectivity index (χ0) is 21.6. The van der Waals surface area contributed by atoms with Crippen LogP contribution in [0.25, 0.3) is 0 Å². The van der Waals surface area contributed by atoms with Crippen LogP contribution in [0, 0.1) is 0 Å². The lowest BCUT2D eigenvalue weighted by Gasteiger charge is -2.43. The maximum absolute atomic E-state index is 13.0. The first-order valence-electron chi connectivity index (χ1n) is 9.91. The molecule has 1 unspecified atom stereocenters. The summed E-state index contributed by atoms with van der Waals surface area (Å²) >= 11 is 0. The van der Waals surface area contributed by atoms with E-state index in [-0.39, 0.29) is 25.1 Å². The van der Waals surface area contributed by atoms with Gasteiger partial charge >= 0.3 is 5.97 Å². The van der Waals surface area contributed by atoms with Crippen molar-refractivity contribution in [3.8, 4) is 11.5 Å². The molecule has 1 N–H and O–H groups in total. The van der Waals surface area contributed by atoms with E-state index in [0.717, 1.165) is 0 Å². The Morgan fingerprint density at radius 2 is 1.81 bits per heavy atom. The fourth-order valence-electron chi connectivity index (χ4n) is 4.35. The quantitative estimate of drug-likeness (QED) is 0.783. The van der Waals surface area contributed by atoms with Gasteiger partial charge in [-0.05, 0) is 30.3 Å². The smallest absolute Gasteiger partial charge is 0.328 e. The molecular weight excluding hydrogens is 408 g/mol. The lowest BCUT2D eigenvalue weighted by molar-refractivity contribution is -0.143. The maximum atomic E-state index is 13.0. The Hall–Kier alpha value is -3.53. The van der Waals surface area contributed by atoms with Gasteiger partial charge in [0.1, 0.15) is 5.72 Å². The summed E-state index contributed by atoms with van der Waals surface area (Å²) in [6, 6.07) is 6.97. The SMILES string of the molecule is O=C(O)C1COC2(CCN(C(=O)c3ccc4c(c3)OCO4)CC2)N1C(=O)c1ccco1. The van der Waals surface area contributed by atoms with E-state index in [1.165, 1.54) is 17.2 Å². The topological polar surface area (TPSA) is 119 Å². The molecule has 3 aliphatic rings. The minimum atomic E-state index is -1.14. The van der Waals surface area contributed by atoms with Crippen LogP contribution in [-0.4, -0.2) is 70.9 Å². The van der Waals surface area contributed by atoms with Crippen molar-refractivity contribution >= 4 is 17.8 Å². The number of hydrogen-bond acceptors (Lipinski definition) is 7. The highest BCUT2D eigenvalue weighted by molar-refractivity contribution is 5.96. The Labute approximate surface area is 176 Å². The van der Waals surface area contributed by atoms with Gasteiger partial charge in [-0.1, -0.05) is 0 Å². The van der Waals surface area contributed by atoms with E-state index in [9.17, 15) is 19.5 Å². The van der Waals surface area contributed by atoms with Gasteiger partial charge in [0.05, 0.1) is 12.9 Å². The van der Waals surface area contributed by atoms with Crippen LogP contribution in [-0.2, 0) is 9.53 Å². The van der Waals surface area contributed by atoms with E-state index < -0.39 is 23.6 Å². The predicted molar refractivity (Wildman–Crippen MR) is 103 cm³/mol. The van der Waals surface area contributed by atoms with Gasteiger partial charge in [-0.25, -0.2) is 4.79 Å². The number of carbonyl (C=O) groups is 3. The number of aliphatic carboxylic acids is 1. The van der Waals surface area contributed by atoms with Gasteiger partial charge in [0.25, 0.3) is 11.8 Å². The maximum Gasteiger partial charge on any atom is 0.328 e. The highest BCUT2D eigenvalue weighted by Crippen LogP contribution is 2.39. The molecule has 162 valence electrons. The number of rotatable bonds is 3. The molecule has 0 radical (unpaired) electrons. The number of amides is 2. The first-order chi connectivity index (χ1) is 15.0. The third-order valence-corrected chi connectivity index (χ3v) is 5.95. The van der Waals surface area contributed by atoms with E-state index in [2.05, 4.69) is 0 Å². The van der Waals surface area contributed by atoms with Crippen molar-refractivity contribution in [1.29, 1.82) is 0 Å². The van der Waals surface area contributed by atoms with Crippen LogP contribution in [0.2, 0.25) is 0 Å². The Balaban J connectivity index is 1.34. The summed E-state index contributed by atoms with van der Waals surface area (Å²) in [5.41, 5.74) is -0.627. The molecule has 2 saturated heterocycles. The second-order valence-corrected chi connectivity index (χ2v) is 7.62. The molecule has 3 aliphatic heterocycles. The fraction of sp³-hybridized carbons (Fsp3) is 0.381. The zero-order valence-corrected chi connectivity index (χ0v) is 16.5. The Morgan fingerprint density at radius 1 is 1.03 bits per heavy atom. The molecule has 2 fully saturated rings. The second-order valence-electron chi connectivity index (χ2n) is 7.62. The minimum Gasteiger partial charge on any atom is -0.480 e. The van der Waals surface area contributed by atoms with E-state index in [1.807, 2.05) is 0 Å². The number of carbonyl (C=O) groups excluding carboxylic acids is 2. The van der Waals surface area contributed by atoms with Gasteiger partial charge in [0.2, 0.25) is 6.79 Å². The van der Waals surface area contributed by atoms with Crippen LogP contribution in [0.5, 0.6) is 11.5 Å². The standard InChI is InChI=1S/C21H20N2O8/c24-18(13-3-4-15-17(10-13)30-12-29-15)22-7-5-21(6-8-22)23(14(11-31-21)20(26)27)19(25)16-2-1-9-28-16/h1-4,9-10,14H,5-8,11-12H2,(H,26,27). The number of furan rings is 1. The summed E-state index contributed by atoms with van der Waals surface area (Å²) in [4.78, 5) is 40.7. The molecule has 2 aromatic rings. The summed E-state index contributed by atoms with van der Waals surface area (Å²) in [6.07, 6.45) is 1.94. The molecule has 0 aliphatic carbocycles. The first-order valence-corrected chi connectivity index (χ1v) is 9.91. The number of nitrogens with zero attached hydrogens (tertiary/aromatic N) is 2. The Morgan fingerprint density at radius 3 is 2.52 bits per heavy atom. The van der Waals surface area contributed by atoms with E-state index in [1.54, 1.807) is 29.2 Å². The number of benzene rings is 1. The summed E-state index contributed by atoms with van der Waals surface area (Å²) in [5, 5.41) is 9.62. The lowest BCUT2D eigenvalue weighted by Crippen LogP contribution is -2.58. The number of fused-ring (bicyclic) bond motifs is 1. The number of piperidine rings is 1. The molecule has 31 heavy (non-hydrogen) atoms. The van der Waals surface area contributed by atoms with Crippen LogP contribution in [0.15, 0.2) is 41.0 Å². The van der Waals surface area contributed by atoms with Gasteiger partial charge in [-0.15, -0.1) is 0 Å². The molecule has 5 rings (SSSR count). The second kappa shape index (κ2) is 7.31. The largest absolute Gasteiger partial charge is 0.480 e. The molecule has 0 bridgehead atoms. The van der Waals surface area contributed by atoms with Gasteiger partial charge in [-0.3, -0.25) is 14.5 Å². The van der Waals surface area contributed by atoms with Crippen molar-refractivity contribution in [1.82, 2.24) is 9.80 Å². The van der Waals surface area contributed by atoms with Gasteiger partial charge in [0.15, 0.2) is 23.3 Å². The van der Waals surface area contributed by atoms with E-state index >= 15 is 0 Å². The first kappa shape index (κ1) is 19.4.